The summed E-state index contributed by atoms with van der Waals surface area (Å²) < 4.78 is 0. The lowest BCUT2D eigenvalue weighted by molar-refractivity contribution is -0.143. The fourth-order valence-corrected chi connectivity index (χ4v) is 1.57. The quantitative estimate of drug-likeness (QED) is 0.447. The minimum Gasteiger partial charge on any atom is -0.480 e. The smallest absolute Gasteiger partial charge is 0.326 e. The van der Waals surface area contributed by atoms with Crippen molar-refractivity contribution in [2.75, 3.05) is 0 Å². The highest BCUT2D eigenvalue weighted by Gasteiger charge is 2.40. The van der Waals surface area contributed by atoms with Gasteiger partial charge in [0.05, 0.1) is 0 Å². The maximum Gasteiger partial charge on any atom is 0.326 e. The van der Waals surface area contributed by atoms with Crippen molar-refractivity contribution in [3.8, 4) is 0 Å². The van der Waals surface area contributed by atoms with Gasteiger partial charge in [-0.15, -0.1) is 0 Å². The van der Waals surface area contributed by atoms with Crippen LogP contribution in [0.15, 0.2) is 12.2 Å². The van der Waals surface area contributed by atoms with Crippen LogP contribution in [-0.4, -0.2) is 40.1 Å². The number of nitrogens with two attached hydrogens (primary N) is 1. The molecule has 1 rings (SSSR count). The van der Waals surface area contributed by atoms with Crippen molar-refractivity contribution < 1.29 is 24.6 Å². The summed E-state index contributed by atoms with van der Waals surface area (Å²) >= 11 is 0. The van der Waals surface area contributed by atoms with Crippen LogP contribution < -0.4 is 11.1 Å². The number of amides is 1. The maximum atomic E-state index is 11.5. The predicted octanol–water partition coefficient (Wildman–Crippen LogP) is -0.676. The first-order valence-corrected chi connectivity index (χ1v) is 5.51. The van der Waals surface area contributed by atoms with Crippen LogP contribution in [0.5, 0.6) is 0 Å². The summed E-state index contributed by atoms with van der Waals surface area (Å²) in [6.45, 7) is 3.64. The molecular formula is C11H16N2O5. The van der Waals surface area contributed by atoms with Crippen molar-refractivity contribution in [3.05, 3.63) is 12.2 Å². The van der Waals surface area contributed by atoms with Crippen LogP contribution in [0.25, 0.3) is 0 Å². The molecule has 1 aliphatic rings. The topological polar surface area (TPSA) is 130 Å². The lowest BCUT2D eigenvalue weighted by Crippen LogP contribution is -2.43. The van der Waals surface area contributed by atoms with E-state index in [1.807, 2.05) is 0 Å². The second-order valence-corrected chi connectivity index (χ2v) is 4.34. The summed E-state index contributed by atoms with van der Waals surface area (Å²) in [6, 6.07) is -2.10. The third kappa shape index (κ3) is 3.85. The highest BCUT2D eigenvalue weighted by atomic mass is 16.4. The Morgan fingerprint density at radius 1 is 1.39 bits per heavy atom. The molecule has 0 aromatic heterocycles. The number of carboxylic acids is 2. The molecule has 0 aromatic carbocycles. The van der Waals surface area contributed by atoms with E-state index in [4.69, 9.17) is 15.9 Å². The monoisotopic (exact) mass is 256 g/mol. The highest BCUT2D eigenvalue weighted by molar-refractivity contribution is 5.85. The molecule has 0 aromatic rings. The standard InChI is InChI=1S/C11H16N2O5/c1-5-4-6(5)9(11(17)18)13-8(14)3-2-7(12)10(15)16/h6-7,9H,1-4,12H2,(H,13,14)(H,15,16)(H,17,18)/t6-,7-,9-/m0/s1. The van der Waals surface area contributed by atoms with E-state index in [1.54, 1.807) is 0 Å². The van der Waals surface area contributed by atoms with Gasteiger partial charge in [-0.3, -0.25) is 9.59 Å². The number of carbonyl (C=O) groups is 3. The first kappa shape index (κ1) is 14.2. The molecule has 5 N–H and O–H groups in total. The van der Waals surface area contributed by atoms with Crippen LogP contribution in [0, 0.1) is 5.92 Å². The fourth-order valence-electron chi connectivity index (χ4n) is 1.57. The summed E-state index contributed by atoms with van der Waals surface area (Å²) in [5.41, 5.74) is 6.04. The van der Waals surface area contributed by atoms with Crippen molar-refractivity contribution in [2.45, 2.75) is 31.3 Å². The van der Waals surface area contributed by atoms with Crippen molar-refractivity contribution in [3.63, 3.8) is 0 Å². The molecule has 1 amide bonds. The van der Waals surface area contributed by atoms with E-state index in [0.29, 0.717) is 6.42 Å². The molecule has 18 heavy (non-hydrogen) atoms. The minimum absolute atomic E-state index is 0.0287. The maximum absolute atomic E-state index is 11.5. The van der Waals surface area contributed by atoms with Gasteiger partial charge in [-0.25, -0.2) is 4.79 Å². The van der Waals surface area contributed by atoms with Gasteiger partial charge in [-0.2, -0.15) is 0 Å². The van der Waals surface area contributed by atoms with Crippen LogP contribution in [-0.2, 0) is 14.4 Å². The van der Waals surface area contributed by atoms with E-state index < -0.39 is 29.9 Å². The second-order valence-electron chi connectivity index (χ2n) is 4.34. The lowest BCUT2D eigenvalue weighted by Gasteiger charge is -2.13. The van der Waals surface area contributed by atoms with E-state index in [-0.39, 0.29) is 18.8 Å². The normalized spacial score (nSPS) is 20.9. The Morgan fingerprint density at radius 3 is 2.33 bits per heavy atom. The van der Waals surface area contributed by atoms with Gasteiger partial charge in [0.2, 0.25) is 5.91 Å². The van der Waals surface area contributed by atoms with Gasteiger partial charge in [-0.05, 0) is 12.8 Å². The number of aliphatic carboxylic acids is 2. The average molecular weight is 256 g/mol. The van der Waals surface area contributed by atoms with E-state index in [2.05, 4.69) is 11.9 Å². The van der Waals surface area contributed by atoms with Crippen LogP contribution in [0.2, 0.25) is 0 Å². The Kier molecular flexibility index (Phi) is 4.43. The summed E-state index contributed by atoms with van der Waals surface area (Å²) in [7, 11) is 0. The van der Waals surface area contributed by atoms with E-state index >= 15 is 0 Å². The number of hydrogen-bond acceptors (Lipinski definition) is 4. The minimum atomic E-state index is -1.19. The number of nitrogens with one attached hydrogen (secondary N) is 1. The van der Waals surface area contributed by atoms with Crippen molar-refractivity contribution in [1.29, 1.82) is 0 Å². The molecular weight excluding hydrogens is 240 g/mol. The molecule has 1 saturated carbocycles. The Hall–Kier alpha value is -1.89. The van der Waals surface area contributed by atoms with Gasteiger partial charge in [0, 0.05) is 12.3 Å². The van der Waals surface area contributed by atoms with E-state index in [1.165, 1.54) is 0 Å². The zero-order valence-corrected chi connectivity index (χ0v) is 9.76. The zero-order chi connectivity index (χ0) is 13.9. The molecule has 7 nitrogen and oxygen atoms in total. The zero-order valence-electron chi connectivity index (χ0n) is 9.76. The molecule has 7 heteroatoms. The Labute approximate surface area is 104 Å². The molecule has 0 aliphatic heterocycles. The van der Waals surface area contributed by atoms with Crippen molar-refractivity contribution in [2.24, 2.45) is 11.7 Å². The third-order valence-corrected chi connectivity index (χ3v) is 2.83. The summed E-state index contributed by atoms with van der Waals surface area (Å²) in [4.78, 5) is 32.8. The Balaban J connectivity index is 2.40. The number of carbonyl (C=O) groups excluding carboxylic acids is 1. The van der Waals surface area contributed by atoms with Crippen molar-refractivity contribution >= 4 is 17.8 Å². The molecule has 1 fully saturated rings. The fraction of sp³-hybridized carbons (Fsp3) is 0.545. The number of hydrogen-bond donors (Lipinski definition) is 4. The number of rotatable bonds is 7. The van der Waals surface area contributed by atoms with Gasteiger partial charge in [0.1, 0.15) is 12.1 Å². The van der Waals surface area contributed by atoms with Gasteiger partial charge >= 0.3 is 11.9 Å². The summed E-state index contributed by atoms with van der Waals surface area (Å²) in [5, 5.41) is 19.8. The Morgan fingerprint density at radius 2 is 1.94 bits per heavy atom. The largest absolute Gasteiger partial charge is 0.480 e. The summed E-state index contributed by atoms with van der Waals surface area (Å²) in [5.74, 6) is -3.04. The van der Waals surface area contributed by atoms with Crippen LogP contribution in [0.4, 0.5) is 0 Å². The lowest BCUT2D eigenvalue weighted by atomic mass is 10.1. The predicted molar refractivity (Wildman–Crippen MR) is 61.7 cm³/mol. The Bertz CT molecular complexity index is 393. The highest BCUT2D eigenvalue weighted by Crippen LogP contribution is 2.38. The molecule has 0 saturated heterocycles. The van der Waals surface area contributed by atoms with E-state index in [9.17, 15) is 14.4 Å². The molecule has 0 heterocycles. The molecule has 0 radical (unpaired) electrons. The molecule has 0 bridgehead atoms. The second kappa shape index (κ2) is 5.63. The first-order chi connectivity index (χ1) is 8.32. The molecule has 0 spiro atoms. The molecule has 100 valence electrons. The average Bonchev–Trinajstić information content (AvgIpc) is 2.98. The van der Waals surface area contributed by atoms with Gasteiger partial charge in [0.15, 0.2) is 0 Å². The van der Waals surface area contributed by atoms with Gasteiger partial charge in [0.25, 0.3) is 0 Å². The van der Waals surface area contributed by atoms with Crippen LogP contribution >= 0.6 is 0 Å². The SMILES string of the molecule is C=C1C[C@@H]1[C@H](NC(=O)CC[C@H](N)C(=O)O)C(=O)O. The van der Waals surface area contributed by atoms with Crippen molar-refractivity contribution in [1.82, 2.24) is 5.32 Å². The number of carboxylic acid groups (broad SMARTS) is 2. The summed E-state index contributed by atoms with van der Waals surface area (Å²) in [6.07, 6.45) is 0.446. The molecule has 3 atom stereocenters. The van der Waals surface area contributed by atoms with Crippen LogP contribution in [0.3, 0.4) is 0 Å². The van der Waals surface area contributed by atoms with Crippen LogP contribution in [0.1, 0.15) is 19.3 Å². The first-order valence-electron chi connectivity index (χ1n) is 5.51. The molecule has 1 aliphatic carbocycles. The third-order valence-electron chi connectivity index (χ3n) is 2.83. The van der Waals surface area contributed by atoms with E-state index in [0.717, 1.165) is 5.57 Å². The van der Waals surface area contributed by atoms with Gasteiger partial charge < -0.3 is 21.3 Å². The van der Waals surface area contributed by atoms with Gasteiger partial charge in [-0.1, -0.05) is 12.2 Å². The molecule has 0 unspecified atom stereocenters.